The Labute approximate surface area is 237 Å². The van der Waals surface area contributed by atoms with Crippen LogP contribution in [0.2, 0.25) is 0 Å². The number of pyridine rings is 1. The molecule has 0 radical (unpaired) electrons. The summed E-state index contributed by atoms with van der Waals surface area (Å²) in [4.78, 5) is 5.04. The Morgan fingerprint density at radius 1 is 1.05 bits per heavy atom. The van der Waals surface area contributed by atoms with Gasteiger partial charge in [0.15, 0.2) is 5.71 Å². The first-order chi connectivity index (χ1) is 20.7. The first-order valence-corrected chi connectivity index (χ1v) is 13.7. The van der Waals surface area contributed by atoms with Gasteiger partial charge >= 0.3 is 0 Å². The van der Waals surface area contributed by atoms with Crippen molar-refractivity contribution in [2.45, 2.75) is 38.7 Å². The fourth-order valence-corrected chi connectivity index (χ4v) is 6.44. The predicted molar refractivity (Wildman–Crippen MR) is 155 cm³/mol. The maximum Gasteiger partial charge on any atom is 0.227 e. The number of aryl methyl sites for hydroxylation is 2. The topological polar surface area (TPSA) is 85.5 Å². The lowest BCUT2D eigenvalue weighted by Gasteiger charge is -2.33. The van der Waals surface area contributed by atoms with E-state index in [-0.39, 0.29) is 17.8 Å². The molecule has 1 fully saturated rings. The van der Waals surface area contributed by atoms with Crippen molar-refractivity contribution >= 4 is 27.6 Å². The zero-order valence-corrected chi connectivity index (χ0v) is 22.8. The van der Waals surface area contributed by atoms with E-state index in [1.165, 1.54) is 5.56 Å². The van der Waals surface area contributed by atoms with Crippen molar-refractivity contribution in [2.75, 3.05) is 20.3 Å². The minimum atomic E-state index is -2.40. The summed E-state index contributed by atoms with van der Waals surface area (Å²) in [5.41, 5.74) is 7.25. The summed E-state index contributed by atoms with van der Waals surface area (Å²) in [5.74, 6) is 0.323. The lowest BCUT2D eigenvalue weighted by atomic mass is 9.86. The molecule has 0 N–H and O–H groups in total. The Kier molecular flexibility index (Phi) is 5.25. The minimum absolute atomic E-state index is 0.00209. The van der Waals surface area contributed by atoms with Crippen LogP contribution >= 0.6 is 0 Å². The number of hydrogen-bond donors (Lipinski definition) is 0. The second kappa shape index (κ2) is 9.75. The van der Waals surface area contributed by atoms with Gasteiger partial charge in [0.2, 0.25) is 6.04 Å². The molecule has 2 aliphatic rings. The molecule has 9 nitrogen and oxygen atoms in total. The molecule has 5 heterocycles. The van der Waals surface area contributed by atoms with E-state index in [0.717, 1.165) is 51.6 Å². The van der Waals surface area contributed by atoms with Crippen molar-refractivity contribution in [3.05, 3.63) is 77.6 Å². The van der Waals surface area contributed by atoms with Crippen molar-refractivity contribution in [2.24, 2.45) is 23.3 Å². The first-order valence-electron chi connectivity index (χ1n) is 15.2. The average molecular weight is 537 g/mol. The Balaban J connectivity index is 1.54. The third-order valence-electron chi connectivity index (χ3n) is 8.27. The van der Waals surface area contributed by atoms with Crippen LogP contribution in [0.15, 0.2) is 71.1 Å². The third kappa shape index (κ3) is 3.95. The molecule has 0 saturated carbocycles. The average Bonchev–Trinajstić information content (AvgIpc) is 3.66. The van der Waals surface area contributed by atoms with Crippen LogP contribution in [0.25, 0.3) is 33.2 Å². The van der Waals surface area contributed by atoms with Crippen LogP contribution in [-0.2, 0) is 11.8 Å². The van der Waals surface area contributed by atoms with Gasteiger partial charge in [-0.15, -0.1) is 9.78 Å². The minimum Gasteiger partial charge on any atom is -0.381 e. The van der Waals surface area contributed by atoms with E-state index >= 15 is 0 Å². The van der Waals surface area contributed by atoms with Crippen LogP contribution in [0.3, 0.4) is 0 Å². The van der Waals surface area contributed by atoms with Crippen molar-refractivity contribution in [1.82, 2.24) is 24.5 Å². The lowest BCUT2D eigenvalue weighted by Crippen LogP contribution is -2.27. The van der Waals surface area contributed by atoms with Gasteiger partial charge in [-0.2, -0.15) is 0 Å². The molecule has 202 valence electrons. The summed E-state index contributed by atoms with van der Waals surface area (Å²) in [5, 5.41) is 17.7. The van der Waals surface area contributed by atoms with Crippen LogP contribution in [0.1, 0.15) is 46.7 Å². The summed E-state index contributed by atoms with van der Waals surface area (Å²) in [7, 11) is 3.64. The molecule has 0 spiro atoms. The zero-order chi connectivity index (χ0) is 29.9. The standard InChI is InChI=1S/C31H33N8O/c1-19-29(37(3)35-33-19)23-10-11-25-26(16-23)39(31(21-8-6-5-7-9-21)22-12-14-40-15-13-22)27-17-24(18-32-28(25)27)30-20(2)34-36-38(30)4/h5-11,16-18,20,22,31H,12-15H2,1-4H3/q+1/t20?,31-/m1/s1/i1D3. The van der Waals surface area contributed by atoms with E-state index in [4.69, 9.17) is 13.8 Å². The number of rotatable bonds is 5. The Hall–Kier alpha value is -4.24. The quantitative estimate of drug-likeness (QED) is 0.277. The van der Waals surface area contributed by atoms with Gasteiger partial charge in [0, 0.05) is 52.2 Å². The van der Waals surface area contributed by atoms with E-state index < -0.39 is 6.85 Å². The SMILES string of the molecule is [2H]C([2H])([2H])c1nnn(C)c1-c1ccc2c3ncc(C4=[N+](C)N=NC4C)cc3n([C@H](c3ccccc3)C3CCOCC3)c2c1. The van der Waals surface area contributed by atoms with E-state index in [9.17, 15) is 0 Å². The predicted octanol–water partition coefficient (Wildman–Crippen LogP) is 5.51. The fraction of sp³-hybridized carbons (Fsp3) is 0.355. The largest absolute Gasteiger partial charge is 0.381 e. The zero-order valence-electron chi connectivity index (χ0n) is 25.8. The molecule has 40 heavy (non-hydrogen) atoms. The van der Waals surface area contributed by atoms with Crippen LogP contribution < -0.4 is 0 Å². The van der Waals surface area contributed by atoms with E-state index in [1.807, 2.05) is 43.1 Å². The number of benzene rings is 2. The highest BCUT2D eigenvalue weighted by atomic mass is 16.5. The Morgan fingerprint density at radius 2 is 1.85 bits per heavy atom. The molecule has 0 bridgehead atoms. The molecule has 2 aliphatic heterocycles. The number of ether oxygens (including phenoxy) is 1. The second-order valence-electron chi connectivity index (χ2n) is 10.7. The molecule has 0 aliphatic carbocycles. The number of fused-ring (bicyclic) bond motifs is 3. The molecule has 2 atom stereocenters. The summed E-state index contributed by atoms with van der Waals surface area (Å²) < 4.78 is 35.8. The molecule has 5 aromatic rings. The summed E-state index contributed by atoms with van der Waals surface area (Å²) in [6.07, 6.45) is 3.76. The maximum absolute atomic E-state index is 8.09. The monoisotopic (exact) mass is 536 g/mol. The molecular formula is C31H33N8O+. The van der Waals surface area contributed by atoms with E-state index in [1.54, 1.807) is 11.7 Å². The van der Waals surface area contributed by atoms with Gasteiger partial charge in [-0.25, -0.2) is 4.68 Å². The van der Waals surface area contributed by atoms with Crippen molar-refractivity contribution in [3.8, 4) is 11.3 Å². The normalized spacial score (nSPS) is 20.3. The molecule has 0 amide bonds. The highest BCUT2D eigenvalue weighted by Gasteiger charge is 2.33. The first kappa shape index (κ1) is 21.6. The van der Waals surface area contributed by atoms with Crippen LogP contribution in [-0.4, -0.2) is 61.2 Å². The molecule has 2 aromatic carbocycles. The van der Waals surface area contributed by atoms with Gasteiger partial charge in [-0.3, -0.25) is 4.98 Å². The molecule has 7 rings (SSSR count). The van der Waals surface area contributed by atoms with Gasteiger partial charge < -0.3 is 9.30 Å². The van der Waals surface area contributed by atoms with E-state index in [0.29, 0.717) is 24.8 Å². The van der Waals surface area contributed by atoms with Crippen molar-refractivity contribution < 1.29 is 13.5 Å². The molecule has 1 saturated heterocycles. The third-order valence-corrected chi connectivity index (χ3v) is 8.27. The van der Waals surface area contributed by atoms with Crippen LogP contribution in [0, 0.1) is 12.8 Å². The second-order valence-corrected chi connectivity index (χ2v) is 10.7. The highest BCUT2D eigenvalue weighted by Crippen LogP contribution is 2.41. The summed E-state index contributed by atoms with van der Waals surface area (Å²) >= 11 is 0. The van der Waals surface area contributed by atoms with Crippen molar-refractivity contribution in [1.29, 1.82) is 0 Å². The lowest BCUT2D eigenvalue weighted by molar-refractivity contribution is -0.505. The maximum atomic E-state index is 8.09. The molecule has 3 aromatic heterocycles. The summed E-state index contributed by atoms with van der Waals surface area (Å²) in [6, 6.07) is 18.8. The molecule has 1 unspecified atom stereocenters. The molecule has 9 heteroatoms. The van der Waals surface area contributed by atoms with E-state index in [2.05, 4.69) is 61.6 Å². The van der Waals surface area contributed by atoms with Gasteiger partial charge in [0.05, 0.1) is 34.0 Å². The highest BCUT2D eigenvalue weighted by molar-refractivity contribution is 6.10. The molecular weight excluding hydrogens is 500 g/mol. The van der Waals surface area contributed by atoms with Gasteiger partial charge in [0.1, 0.15) is 12.3 Å². The van der Waals surface area contributed by atoms with Crippen molar-refractivity contribution in [3.63, 3.8) is 0 Å². The number of aromatic nitrogens is 5. The van der Waals surface area contributed by atoms with Crippen LogP contribution in [0.4, 0.5) is 0 Å². The van der Waals surface area contributed by atoms with Gasteiger partial charge in [-0.05, 0) is 56.3 Å². The summed E-state index contributed by atoms with van der Waals surface area (Å²) in [6.45, 7) is 1.07. The Bertz CT molecular complexity index is 1900. The Morgan fingerprint density at radius 3 is 2.60 bits per heavy atom. The fourth-order valence-electron chi connectivity index (χ4n) is 6.44. The van der Waals surface area contributed by atoms with Gasteiger partial charge in [-0.1, -0.05) is 41.6 Å². The number of nitrogens with zero attached hydrogens (tertiary/aromatic N) is 8. The smallest absolute Gasteiger partial charge is 0.227 e. The van der Waals surface area contributed by atoms with Crippen LogP contribution in [0.5, 0.6) is 0 Å². The number of hydrogen-bond acceptors (Lipinski definition) is 6. The van der Waals surface area contributed by atoms with Gasteiger partial charge in [0.25, 0.3) is 0 Å².